The second-order valence-electron chi connectivity index (χ2n) is 3.40. The first kappa shape index (κ1) is 10.3. The van der Waals surface area contributed by atoms with Gasteiger partial charge in [0.25, 0.3) is 0 Å². The first-order chi connectivity index (χ1) is 7.33. The third-order valence-corrected chi connectivity index (χ3v) is 2.36. The molecule has 0 aliphatic carbocycles. The Morgan fingerprint density at radius 2 is 2.07 bits per heavy atom. The van der Waals surface area contributed by atoms with Gasteiger partial charge in [-0.25, -0.2) is 0 Å². The summed E-state index contributed by atoms with van der Waals surface area (Å²) in [5.41, 5.74) is 0.682. The number of para-hydroxylation sites is 1. The zero-order valence-electron chi connectivity index (χ0n) is 8.35. The molecule has 1 aliphatic rings. The van der Waals surface area contributed by atoms with Gasteiger partial charge in [-0.3, -0.25) is 0 Å². The number of benzene rings is 1. The van der Waals surface area contributed by atoms with Crippen molar-refractivity contribution in [2.75, 3.05) is 19.8 Å². The average molecular weight is 210 g/mol. The highest BCUT2D eigenvalue weighted by molar-refractivity contribution is 5.48. The molecule has 82 valence electrons. The maximum Gasteiger partial charge on any atom is 0.167 e. The van der Waals surface area contributed by atoms with E-state index >= 15 is 0 Å². The van der Waals surface area contributed by atoms with Crippen LogP contribution in [0, 0.1) is 0 Å². The van der Waals surface area contributed by atoms with Gasteiger partial charge in [-0.2, -0.15) is 0 Å². The predicted octanol–water partition coefficient (Wildman–Crippen LogP) is 0.874. The van der Waals surface area contributed by atoms with E-state index in [9.17, 15) is 5.11 Å². The monoisotopic (exact) mass is 210 g/mol. The molecule has 1 heterocycles. The van der Waals surface area contributed by atoms with Crippen molar-refractivity contribution < 1.29 is 19.7 Å². The van der Waals surface area contributed by atoms with Gasteiger partial charge in [-0.1, -0.05) is 12.1 Å². The summed E-state index contributed by atoms with van der Waals surface area (Å²) in [5.74, 6) is 1.26. The molecule has 0 spiro atoms. The minimum Gasteiger partial charge on any atom is -0.486 e. The second kappa shape index (κ2) is 4.51. The van der Waals surface area contributed by atoms with Gasteiger partial charge in [0.1, 0.15) is 13.2 Å². The molecule has 4 heteroatoms. The SMILES string of the molecule is OCC[C@@H](O)c1cccc2c1OCCO2. The highest BCUT2D eigenvalue weighted by Crippen LogP contribution is 2.37. The molecule has 1 aromatic rings. The third-order valence-electron chi connectivity index (χ3n) is 2.36. The van der Waals surface area contributed by atoms with E-state index in [1.165, 1.54) is 0 Å². The summed E-state index contributed by atoms with van der Waals surface area (Å²) in [4.78, 5) is 0. The molecule has 2 N–H and O–H groups in total. The molecule has 0 bridgehead atoms. The normalized spacial score (nSPS) is 16.1. The maximum atomic E-state index is 9.78. The Morgan fingerprint density at radius 3 is 2.87 bits per heavy atom. The molecule has 0 fully saturated rings. The molecule has 0 unspecified atom stereocenters. The fraction of sp³-hybridized carbons (Fsp3) is 0.455. The van der Waals surface area contributed by atoms with E-state index < -0.39 is 6.10 Å². The number of hydrogen-bond acceptors (Lipinski definition) is 4. The minimum absolute atomic E-state index is 0.0499. The van der Waals surface area contributed by atoms with Crippen molar-refractivity contribution in [3.63, 3.8) is 0 Å². The summed E-state index contributed by atoms with van der Waals surface area (Å²) in [6.45, 7) is 0.980. The Hall–Kier alpha value is -1.26. The van der Waals surface area contributed by atoms with Gasteiger partial charge in [0.15, 0.2) is 11.5 Å². The van der Waals surface area contributed by atoms with Crippen LogP contribution in [0.15, 0.2) is 18.2 Å². The van der Waals surface area contributed by atoms with Crippen molar-refractivity contribution in [1.29, 1.82) is 0 Å². The molecule has 15 heavy (non-hydrogen) atoms. The molecule has 2 rings (SSSR count). The lowest BCUT2D eigenvalue weighted by molar-refractivity contribution is 0.121. The Balaban J connectivity index is 2.30. The van der Waals surface area contributed by atoms with Crippen LogP contribution >= 0.6 is 0 Å². The summed E-state index contributed by atoms with van der Waals surface area (Å²) in [7, 11) is 0. The lowest BCUT2D eigenvalue weighted by Crippen LogP contribution is -2.17. The van der Waals surface area contributed by atoms with Crippen molar-refractivity contribution in [1.82, 2.24) is 0 Å². The number of rotatable bonds is 3. The zero-order valence-corrected chi connectivity index (χ0v) is 8.35. The lowest BCUT2D eigenvalue weighted by Gasteiger charge is -2.22. The van der Waals surface area contributed by atoms with E-state index in [2.05, 4.69) is 0 Å². The molecule has 1 aliphatic heterocycles. The van der Waals surface area contributed by atoms with Crippen molar-refractivity contribution >= 4 is 0 Å². The van der Waals surface area contributed by atoms with Gasteiger partial charge in [0, 0.05) is 18.6 Å². The summed E-state index contributed by atoms with van der Waals surface area (Å²) >= 11 is 0. The molecule has 1 aromatic carbocycles. The van der Waals surface area contributed by atoms with Gasteiger partial charge < -0.3 is 19.7 Å². The zero-order chi connectivity index (χ0) is 10.7. The van der Waals surface area contributed by atoms with E-state index in [0.717, 1.165) is 0 Å². The van der Waals surface area contributed by atoms with Crippen LogP contribution in [0.1, 0.15) is 18.1 Å². The molecular formula is C11H14O4. The number of hydrogen-bond donors (Lipinski definition) is 2. The quantitative estimate of drug-likeness (QED) is 0.777. The summed E-state index contributed by atoms with van der Waals surface area (Å²) in [6.07, 6.45) is -0.397. The van der Waals surface area contributed by atoms with Crippen LogP contribution in [0.2, 0.25) is 0 Å². The highest BCUT2D eigenvalue weighted by Gasteiger charge is 2.19. The Labute approximate surface area is 88.1 Å². The standard InChI is InChI=1S/C11H14O4/c12-5-4-9(13)8-2-1-3-10-11(8)15-7-6-14-10/h1-3,9,12-13H,4-7H2/t9-/m1/s1. The summed E-state index contributed by atoms with van der Waals surface area (Å²) < 4.78 is 10.8. The second-order valence-corrected chi connectivity index (χ2v) is 3.40. The third kappa shape index (κ3) is 2.06. The number of aliphatic hydroxyl groups excluding tert-OH is 2. The van der Waals surface area contributed by atoms with E-state index in [-0.39, 0.29) is 6.61 Å². The lowest BCUT2D eigenvalue weighted by atomic mass is 10.0. The number of aliphatic hydroxyl groups is 2. The number of ether oxygens (including phenoxy) is 2. The average Bonchev–Trinajstić information content (AvgIpc) is 2.28. The molecule has 1 atom stereocenters. The topological polar surface area (TPSA) is 58.9 Å². The smallest absolute Gasteiger partial charge is 0.167 e. The van der Waals surface area contributed by atoms with Crippen LogP contribution in [-0.4, -0.2) is 30.0 Å². The Kier molecular flexibility index (Phi) is 3.08. The van der Waals surface area contributed by atoms with Crippen molar-refractivity contribution in [2.45, 2.75) is 12.5 Å². The van der Waals surface area contributed by atoms with Crippen molar-refractivity contribution in [2.24, 2.45) is 0 Å². The molecular weight excluding hydrogens is 196 g/mol. The van der Waals surface area contributed by atoms with Crippen LogP contribution in [0.3, 0.4) is 0 Å². The minimum atomic E-state index is -0.702. The molecule has 4 nitrogen and oxygen atoms in total. The van der Waals surface area contributed by atoms with E-state index in [0.29, 0.717) is 36.7 Å². The Bertz CT molecular complexity index is 337. The largest absolute Gasteiger partial charge is 0.486 e. The molecule has 0 saturated heterocycles. The van der Waals surface area contributed by atoms with Crippen LogP contribution in [0.4, 0.5) is 0 Å². The van der Waals surface area contributed by atoms with Crippen LogP contribution < -0.4 is 9.47 Å². The van der Waals surface area contributed by atoms with Gasteiger partial charge in [-0.05, 0) is 6.07 Å². The van der Waals surface area contributed by atoms with Crippen LogP contribution in [0.25, 0.3) is 0 Å². The molecule has 0 aromatic heterocycles. The van der Waals surface area contributed by atoms with Crippen LogP contribution in [0.5, 0.6) is 11.5 Å². The Morgan fingerprint density at radius 1 is 1.27 bits per heavy atom. The van der Waals surface area contributed by atoms with E-state index in [1.807, 2.05) is 12.1 Å². The van der Waals surface area contributed by atoms with Gasteiger partial charge in [0.05, 0.1) is 6.10 Å². The molecule has 0 radical (unpaired) electrons. The number of fused-ring (bicyclic) bond motifs is 1. The first-order valence-electron chi connectivity index (χ1n) is 5.00. The fourth-order valence-electron chi connectivity index (χ4n) is 1.64. The van der Waals surface area contributed by atoms with E-state index in [1.54, 1.807) is 6.07 Å². The molecule has 0 amide bonds. The van der Waals surface area contributed by atoms with Gasteiger partial charge in [-0.15, -0.1) is 0 Å². The summed E-state index contributed by atoms with van der Waals surface area (Å²) in [6, 6.07) is 5.40. The van der Waals surface area contributed by atoms with Crippen molar-refractivity contribution in [3.8, 4) is 11.5 Å². The van der Waals surface area contributed by atoms with E-state index in [4.69, 9.17) is 14.6 Å². The summed E-state index contributed by atoms with van der Waals surface area (Å²) in [5, 5.41) is 18.6. The van der Waals surface area contributed by atoms with Gasteiger partial charge >= 0.3 is 0 Å². The van der Waals surface area contributed by atoms with Gasteiger partial charge in [0.2, 0.25) is 0 Å². The first-order valence-corrected chi connectivity index (χ1v) is 5.00. The van der Waals surface area contributed by atoms with Crippen molar-refractivity contribution in [3.05, 3.63) is 23.8 Å². The fourth-order valence-corrected chi connectivity index (χ4v) is 1.64. The highest BCUT2D eigenvalue weighted by atomic mass is 16.6. The predicted molar refractivity (Wildman–Crippen MR) is 54.1 cm³/mol. The van der Waals surface area contributed by atoms with Crippen LogP contribution in [-0.2, 0) is 0 Å². The maximum absolute atomic E-state index is 9.78. The molecule has 0 saturated carbocycles.